The van der Waals surface area contributed by atoms with E-state index in [-0.39, 0.29) is 16.4 Å². The lowest BCUT2D eigenvalue weighted by molar-refractivity contribution is -0.393. The Morgan fingerprint density at radius 3 is 2.14 bits per heavy atom. The number of hydrogen-bond acceptors (Lipinski definition) is 5. The number of halogens is 2. The predicted octanol–water partition coefficient (Wildman–Crippen LogP) is 4.55. The van der Waals surface area contributed by atoms with E-state index in [9.17, 15) is 20.2 Å². The number of benzene rings is 2. The molecule has 2 rings (SSSR count). The fourth-order valence-electron chi connectivity index (χ4n) is 1.63. The highest BCUT2D eigenvalue weighted by Crippen LogP contribution is 2.34. The van der Waals surface area contributed by atoms with Crippen molar-refractivity contribution >= 4 is 46.0 Å². The fraction of sp³-hybridized carbons (Fsp3) is 0. The molecule has 2 aromatic rings. The lowest BCUT2D eigenvalue weighted by atomic mass is 10.2. The summed E-state index contributed by atoms with van der Waals surface area (Å²) in [6.45, 7) is 0. The molecule has 0 heterocycles. The highest BCUT2D eigenvalue weighted by molar-refractivity contribution is 6.36. The third kappa shape index (κ3) is 3.39. The molecule has 7 nitrogen and oxygen atoms in total. The van der Waals surface area contributed by atoms with Gasteiger partial charge < -0.3 is 5.32 Å². The van der Waals surface area contributed by atoms with Crippen LogP contribution in [0, 0.1) is 20.2 Å². The Morgan fingerprint density at radius 2 is 1.57 bits per heavy atom. The second-order valence-electron chi connectivity index (χ2n) is 3.96. The smallest absolute Gasteiger partial charge is 0.299 e. The average Bonchev–Trinajstić information content (AvgIpc) is 2.41. The summed E-state index contributed by atoms with van der Waals surface area (Å²) < 4.78 is 0. The molecule has 0 radical (unpaired) electrons. The van der Waals surface area contributed by atoms with E-state index in [2.05, 4.69) is 5.32 Å². The van der Waals surface area contributed by atoms with E-state index in [4.69, 9.17) is 23.2 Å². The maximum absolute atomic E-state index is 11.0. The number of anilines is 2. The first-order valence-corrected chi connectivity index (χ1v) is 6.29. The van der Waals surface area contributed by atoms with Crippen molar-refractivity contribution in [3.05, 3.63) is 66.7 Å². The maximum atomic E-state index is 11.0. The van der Waals surface area contributed by atoms with Crippen LogP contribution in [0.4, 0.5) is 22.7 Å². The van der Waals surface area contributed by atoms with Gasteiger partial charge in [0.1, 0.15) is 5.69 Å². The molecule has 21 heavy (non-hydrogen) atoms. The van der Waals surface area contributed by atoms with E-state index >= 15 is 0 Å². The Kier molecular flexibility index (Phi) is 4.25. The molecule has 0 aliphatic heterocycles. The lowest BCUT2D eigenvalue weighted by Crippen LogP contribution is -1.99. The van der Waals surface area contributed by atoms with Crippen LogP contribution in [0.3, 0.4) is 0 Å². The summed E-state index contributed by atoms with van der Waals surface area (Å²) in [4.78, 5) is 20.3. The van der Waals surface area contributed by atoms with Gasteiger partial charge in [-0.1, -0.05) is 23.2 Å². The largest absolute Gasteiger partial charge is 0.349 e. The Morgan fingerprint density at radius 1 is 0.905 bits per heavy atom. The highest BCUT2D eigenvalue weighted by atomic mass is 35.5. The molecular weight excluding hydrogens is 321 g/mol. The number of nitro benzene ring substituents is 2. The van der Waals surface area contributed by atoms with Crippen molar-refractivity contribution < 1.29 is 9.85 Å². The Hall–Kier alpha value is -2.38. The average molecular weight is 328 g/mol. The van der Waals surface area contributed by atoms with Crippen LogP contribution in [0.15, 0.2) is 36.4 Å². The quantitative estimate of drug-likeness (QED) is 0.655. The highest BCUT2D eigenvalue weighted by Gasteiger charge is 2.20. The maximum Gasteiger partial charge on any atom is 0.299 e. The molecule has 1 N–H and O–H groups in total. The Bertz CT molecular complexity index is 736. The van der Waals surface area contributed by atoms with Crippen molar-refractivity contribution in [3.63, 3.8) is 0 Å². The molecule has 0 unspecified atom stereocenters. The molecule has 0 amide bonds. The molecule has 0 aromatic heterocycles. The van der Waals surface area contributed by atoms with Crippen LogP contribution in [-0.2, 0) is 0 Å². The minimum Gasteiger partial charge on any atom is -0.349 e. The number of non-ortho nitro benzene ring substituents is 1. The van der Waals surface area contributed by atoms with Crippen molar-refractivity contribution in [2.45, 2.75) is 0 Å². The summed E-state index contributed by atoms with van der Waals surface area (Å²) in [5.74, 6) is 0. The normalized spacial score (nSPS) is 10.2. The van der Waals surface area contributed by atoms with Gasteiger partial charge in [0.15, 0.2) is 0 Å². The van der Waals surface area contributed by atoms with E-state index in [1.54, 1.807) is 12.1 Å². The van der Waals surface area contributed by atoms with Crippen LogP contribution in [0.5, 0.6) is 0 Å². The van der Waals surface area contributed by atoms with Crippen LogP contribution in [-0.4, -0.2) is 9.85 Å². The monoisotopic (exact) mass is 327 g/mol. The third-order valence-electron chi connectivity index (χ3n) is 2.59. The van der Waals surface area contributed by atoms with E-state index < -0.39 is 15.5 Å². The first-order valence-electron chi connectivity index (χ1n) is 5.53. The van der Waals surface area contributed by atoms with Crippen LogP contribution >= 0.6 is 23.2 Å². The molecule has 0 spiro atoms. The summed E-state index contributed by atoms with van der Waals surface area (Å²) in [5.41, 5.74) is -0.294. The van der Waals surface area contributed by atoms with Gasteiger partial charge in [-0.05, 0) is 24.3 Å². The fourth-order valence-corrected chi connectivity index (χ4v) is 2.08. The molecule has 0 atom stereocenters. The van der Waals surface area contributed by atoms with Crippen molar-refractivity contribution in [1.82, 2.24) is 0 Å². The SMILES string of the molecule is O=[N+]([O-])c1ccc(Nc2ccc(Cl)cc2Cl)c([N+](=O)[O-])c1. The number of hydrogen-bond donors (Lipinski definition) is 1. The zero-order valence-corrected chi connectivity index (χ0v) is 11.8. The molecule has 9 heteroatoms. The second kappa shape index (κ2) is 5.94. The van der Waals surface area contributed by atoms with Gasteiger partial charge in [0.25, 0.3) is 11.4 Å². The second-order valence-corrected chi connectivity index (χ2v) is 4.81. The van der Waals surface area contributed by atoms with Crippen LogP contribution in [0.2, 0.25) is 10.0 Å². The van der Waals surface area contributed by atoms with Crippen molar-refractivity contribution in [2.75, 3.05) is 5.32 Å². The first kappa shape index (κ1) is 15.0. The van der Waals surface area contributed by atoms with Gasteiger partial charge in [0, 0.05) is 11.1 Å². The third-order valence-corrected chi connectivity index (χ3v) is 3.14. The number of nitrogens with zero attached hydrogens (tertiary/aromatic N) is 2. The molecule has 0 fully saturated rings. The molecule has 108 valence electrons. The van der Waals surface area contributed by atoms with E-state index in [0.717, 1.165) is 6.07 Å². The molecular formula is C12H7Cl2N3O4. The summed E-state index contributed by atoms with van der Waals surface area (Å²) in [6.07, 6.45) is 0. The standard InChI is InChI=1S/C12H7Cl2N3O4/c13-7-1-3-10(9(14)5-7)15-11-4-2-8(16(18)19)6-12(11)17(20)21/h1-6,15H. The van der Waals surface area contributed by atoms with Gasteiger partial charge in [-0.2, -0.15) is 0 Å². The summed E-state index contributed by atoms with van der Waals surface area (Å²) in [6, 6.07) is 7.89. The summed E-state index contributed by atoms with van der Waals surface area (Å²) in [7, 11) is 0. The zero-order valence-electron chi connectivity index (χ0n) is 10.2. The molecule has 0 bridgehead atoms. The molecule has 0 aliphatic carbocycles. The van der Waals surface area contributed by atoms with Crippen molar-refractivity contribution in [1.29, 1.82) is 0 Å². The van der Waals surface area contributed by atoms with Gasteiger partial charge in [0.05, 0.1) is 26.6 Å². The zero-order chi connectivity index (χ0) is 15.6. The van der Waals surface area contributed by atoms with Gasteiger partial charge >= 0.3 is 0 Å². The Balaban J connectivity index is 2.44. The van der Waals surface area contributed by atoms with Crippen molar-refractivity contribution in [3.8, 4) is 0 Å². The Labute approximate surface area is 128 Å². The van der Waals surface area contributed by atoms with Crippen molar-refractivity contribution in [2.24, 2.45) is 0 Å². The van der Waals surface area contributed by atoms with Gasteiger partial charge in [-0.3, -0.25) is 20.2 Å². The first-order chi connectivity index (χ1) is 9.88. The van der Waals surface area contributed by atoms with Crippen LogP contribution in [0.1, 0.15) is 0 Å². The van der Waals surface area contributed by atoms with E-state index in [1.807, 2.05) is 0 Å². The summed E-state index contributed by atoms with van der Waals surface area (Å²) >= 11 is 11.7. The predicted molar refractivity (Wildman–Crippen MR) is 79.5 cm³/mol. The van der Waals surface area contributed by atoms with Crippen LogP contribution < -0.4 is 5.32 Å². The number of nitro groups is 2. The van der Waals surface area contributed by atoms with Gasteiger partial charge in [-0.15, -0.1) is 0 Å². The molecule has 2 aromatic carbocycles. The van der Waals surface area contributed by atoms with Gasteiger partial charge in [0.2, 0.25) is 0 Å². The van der Waals surface area contributed by atoms with E-state index in [1.165, 1.54) is 18.2 Å². The van der Waals surface area contributed by atoms with Crippen LogP contribution in [0.25, 0.3) is 0 Å². The molecule has 0 aliphatic rings. The summed E-state index contributed by atoms with van der Waals surface area (Å²) in [5, 5.41) is 25.1. The van der Waals surface area contributed by atoms with E-state index in [0.29, 0.717) is 10.7 Å². The topological polar surface area (TPSA) is 98.3 Å². The molecule has 0 saturated heterocycles. The number of rotatable bonds is 4. The minimum absolute atomic E-state index is 0.0924. The minimum atomic E-state index is -0.709. The lowest BCUT2D eigenvalue weighted by Gasteiger charge is -2.09. The van der Waals surface area contributed by atoms with Gasteiger partial charge in [-0.25, -0.2) is 0 Å². The number of nitrogens with one attached hydrogen (secondary N) is 1. The molecule has 0 saturated carbocycles.